The SMILES string of the molecule is Cc1nn(C)c2sc(C(=O)Nc3ccc(Br)cc3)cc12. The molecule has 4 nitrogen and oxygen atoms in total. The van der Waals surface area contributed by atoms with Crippen LogP contribution < -0.4 is 5.32 Å². The third-order valence-electron chi connectivity index (χ3n) is 3.02. The second-order valence-electron chi connectivity index (χ2n) is 4.50. The number of fused-ring (bicyclic) bond motifs is 1. The average molecular weight is 350 g/mol. The molecule has 0 saturated heterocycles. The molecular formula is C14H12BrN3OS. The Morgan fingerprint density at radius 3 is 2.70 bits per heavy atom. The monoisotopic (exact) mass is 349 g/mol. The van der Waals surface area contributed by atoms with Gasteiger partial charge in [0.05, 0.1) is 10.6 Å². The number of thiophene rings is 1. The number of amides is 1. The standard InChI is InChI=1S/C14H12BrN3OS/c1-8-11-7-12(20-14(11)18(2)17-8)13(19)16-10-5-3-9(15)4-6-10/h3-7H,1-2H3,(H,16,19). The lowest BCUT2D eigenvalue weighted by atomic mass is 10.3. The van der Waals surface area contributed by atoms with Gasteiger partial charge in [-0.3, -0.25) is 9.48 Å². The van der Waals surface area contributed by atoms with E-state index in [1.54, 1.807) is 0 Å². The normalized spacial score (nSPS) is 10.9. The van der Waals surface area contributed by atoms with Crippen molar-refractivity contribution in [2.24, 2.45) is 7.05 Å². The van der Waals surface area contributed by atoms with Crippen LogP contribution in [-0.2, 0) is 7.05 Å². The van der Waals surface area contributed by atoms with Gasteiger partial charge in [0.25, 0.3) is 5.91 Å². The van der Waals surface area contributed by atoms with E-state index in [2.05, 4.69) is 26.3 Å². The molecule has 0 aliphatic carbocycles. The number of nitrogens with zero attached hydrogens (tertiary/aromatic N) is 2. The summed E-state index contributed by atoms with van der Waals surface area (Å²) in [7, 11) is 1.89. The third kappa shape index (κ3) is 2.36. The van der Waals surface area contributed by atoms with Crippen molar-refractivity contribution in [1.29, 1.82) is 0 Å². The van der Waals surface area contributed by atoms with Crippen LogP contribution in [0.15, 0.2) is 34.8 Å². The number of aryl methyl sites for hydroxylation is 2. The summed E-state index contributed by atoms with van der Waals surface area (Å²) in [6.45, 7) is 1.95. The van der Waals surface area contributed by atoms with E-state index < -0.39 is 0 Å². The summed E-state index contributed by atoms with van der Waals surface area (Å²) in [5.74, 6) is -0.0899. The summed E-state index contributed by atoms with van der Waals surface area (Å²) in [5, 5.41) is 8.27. The zero-order valence-electron chi connectivity index (χ0n) is 11.0. The molecule has 0 unspecified atom stereocenters. The highest BCUT2D eigenvalue weighted by atomic mass is 79.9. The first kappa shape index (κ1) is 13.3. The van der Waals surface area contributed by atoms with E-state index in [0.29, 0.717) is 4.88 Å². The van der Waals surface area contributed by atoms with Gasteiger partial charge >= 0.3 is 0 Å². The molecule has 0 spiro atoms. The molecule has 0 fully saturated rings. The number of aromatic nitrogens is 2. The fourth-order valence-corrected chi connectivity index (χ4v) is 3.33. The largest absolute Gasteiger partial charge is 0.321 e. The van der Waals surface area contributed by atoms with Crippen molar-refractivity contribution >= 4 is 49.1 Å². The Balaban J connectivity index is 1.88. The fraction of sp³-hybridized carbons (Fsp3) is 0.143. The van der Waals surface area contributed by atoms with Gasteiger partial charge in [-0.15, -0.1) is 11.3 Å². The molecule has 0 aliphatic rings. The number of benzene rings is 1. The summed E-state index contributed by atoms with van der Waals surface area (Å²) < 4.78 is 2.80. The molecule has 0 atom stereocenters. The van der Waals surface area contributed by atoms with Crippen molar-refractivity contribution in [3.63, 3.8) is 0 Å². The van der Waals surface area contributed by atoms with E-state index in [0.717, 1.165) is 26.1 Å². The summed E-state index contributed by atoms with van der Waals surface area (Å²) in [4.78, 5) is 14.0. The van der Waals surface area contributed by atoms with Gasteiger partial charge in [-0.2, -0.15) is 5.10 Å². The molecule has 6 heteroatoms. The lowest BCUT2D eigenvalue weighted by Gasteiger charge is -2.03. The zero-order valence-corrected chi connectivity index (χ0v) is 13.4. The topological polar surface area (TPSA) is 46.9 Å². The highest BCUT2D eigenvalue weighted by Crippen LogP contribution is 2.28. The van der Waals surface area contributed by atoms with Crippen LogP contribution in [0.5, 0.6) is 0 Å². The highest BCUT2D eigenvalue weighted by Gasteiger charge is 2.15. The Hall–Kier alpha value is -1.66. The Morgan fingerprint density at radius 2 is 2.05 bits per heavy atom. The molecule has 2 heterocycles. The van der Waals surface area contributed by atoms with Crippen LogP contribution in [0.1, 0.15) is 15.4 Å². The molecule has 2 aromatic heterocycles. The van der Waals surface area contributed by atoms with Gasteiger partial charge in [0.1, 0.15) is 4.83 Å². The molecule has 20 heavy (non-hydrogen) atoms. The third-order valence-corrected chi connectivity index (χ3v) is 4.75. The maximum absolute atomic E-state index is 12.2. The maximum Gasteiger partial charge on any atom is 0.265 e. The molecule has 3 rings (SSSR count). The van der Waals surface area contributed by atoms with Crippen molar-refractivity contribution in [1.82, 2.24) is 9.78 Å². The van der Waals surface area contributed by atoms with Gasteiger partial charge < -0.3 is 5.32 Å². The van der Waals surface area contributed by atoms with E-state index in [-0.39, 0.29) is 5.91 Å². The number of anilines is 1. The Labute approximate surface area is 128 Å². The van der Waals surface area contributed by atoms with Crippen LogP contribution in [0.2, 0.25) is 0 Å². The molecule has 0 radical (unpaired) electrons. The molecule has 3 aromatic rings. The zero-order chi connectivity index (χ0) is 14.3. The highest BCUT2D eigenvalue weighted by molar-refractivity contribution is 9.10. The lowest BCUT2D eigenvalue weighted by Crippen LogP contribution is -2.09. The number of halogens is 1. The minimum atomic E-state index is -0.0899. The predicted molar refractivity (Wildman–Crippen MR) is 85.4 cm³/mol. The van der Waals surface area contributed by atoms with E-state index in [4.69, 9.17) is 0 Å². The van der Waals surface area contributed by atoms with Crippen molar-refractivity contribution in [2.45, 2.75) is 6.92 Å². The van der Waals surface area contributed by atoms with Gasteiger partial charge in [-0.1, -0.05) is 15.9 Å². The van der Waals surface area contributed by atoms with Gasteiger partial charge in [0.2, 0.25) is 0 Å². The summed E-state index contributed by atoms with van der Waals surface area (Å²) >= 11 is 4.82. The molecule has 1 N–H and O–H groups in total. The van der Waals surface area contributed by atoms with Crippen LogP contribution in [-0.4, -0.2) is 15.7 Å². The fourth-order valence-electron chi connectivity index (χ4n) is 2.04. The first-order chi connectivity index (χ1) is 9.54. The van der Waals surface area contributed by atoms with E-state index in [1.807, 2.05) is 49.0 Å². The first-order valence-electron chi connectivity index (χ1n) is 6.04. The summed E-state index contributed by atoms with van der Waals surface area (Å²) in [5.41, 5.74) is 1.73. The molecule has 1 amide bonds. The number of rotatable bonds is 2. The van der Waals surface area contributed by atoms with Crippen LogP contribution in [0.25, 0.3) is 10.2 Å². The molecule has 0 aliphatic heterocycles. The molecule has 102 valence electrons. The number of carbonyl (C=O) groups excluding carboxylic acids is 1. The van der Waals surface area contributed by atoms with Gasteiger partial charge in [-0.05, 0) is 37.3 Å². The Kier molecular flexibility index (Phi) is 3.35. The Morgan fingerprint density at radius 1 is 1.35 bits per heavy atom. The lowest BCUT2D eigenvalue weighted by molar-refractivity contribution is 0.103. The molecule has 0 saturated carbocycles. The Bertz CT molecular complexity index is 754. The van der Waals surface area contributed by atoms with Crippen LogP contribution in [0.4, 0.5) is 5.69 Å². The number of hydrogen-bond acceptors (Lipinski definition) is 3. The van der Waals surface area contributed by atoms with E-state index >= 15 is 0 Å². The van der Waals surface area contributed by atoms with Crippen LogP contribution in [0, 0.1) is 6.92 Å². The van der Waals surface area contributed by atoms with Crippen molar-refractivity contribution in [3.8, 4) is 0 Å². The average Bonchev–Trinajstić information content (AvgIpc) is 2.95. The first-order valence-corrected chi connectivity index (χ1v) is 7.65. The summed E-state index contributed by atoms with van der Waals surface area (Å²) in [6.07, 6.45) is 0. The second kappa shape index (κ2) is 5.03. The van der Waals surface area contributed by atoms with Crippen molar-refractivity contribution < 1.29 is 4.79 Å². The van der Waals surface area contributed by atoms with Crippen LogP contribution >= 0.6 is 27.3 Å². The number of carbonyl (C=O) groups is 1. The van der Waals surface area contributed by atoms with Crippen molar-refractivity contribution in [3.05, 3.63) is 45.4 Å². The van der Waals surface area contributed by atoms with E-state index in [1.165, 1.54) is 11.3 Å². The maximum atomic E-state index is 12.2. The van der Waals surface area contributed by atoms with Gasteiger partial charge in [0, 0.05) is 22.6 Å². The van der Waals surface area contributed by atoms with E-state index in [9.17, 15) is 4.79 Å². The van der Waals surface area contributed by atoms with Crippen molar-refractivity contribution in [2.75, 3.05) is 5.32 Å². The molecule has 1 aromatic carbocycles. The number of hydrogen-bond donors (Lipinski definition) is 1. The minimum Gasteiger partial charge on any atom is -0.321 e. The summed E-state index contributed by atoms with van der Waals surface area (Å²) in [6, 6.07) is 9.42. The second-order valence-corrected chi connectivity index (χ2v) is 6.45. The van der Waals surface area contributed by atoms with Gasteiger partial charge in [0.15, 0.2) is 0 Å². The number of nitrogens with one attached hydrogen (secondary N) is 1. The minimum absolute atomic E-state index is 0.0899. The molecule has 0 bridgehead atoms. The quantitative estimate of drug-likeness (QED) is 0.761. The molecular weight excluding hydrogens is 338 g/mol. The van der Waals surface area contributed by atoms with Gasteiger partial charge in [-0.25, -0.2) is 0 Å². The predicted octanol–water partition coefficient (Wildman–Crippen LogP) is 3.96. The van der Waals surface area contributed by atoms with Crippen LogP contribution in [0.3, 0.4) is 0 Å². The smallest absolute Gasteiger partial charge is 0.265 e.